The lowest BCUT2D eigenvalue weighted by Gasteiger charge is -1.99. The van der Waals surface area contributed by atoms with Crippen molar-refractivity contribution in [1.82, 2.24) is 4.98 Å². The molecule has 4 heteroatoms. The van der Waals surface area contributed by atoms with Crippen molar-refractivity contribution >= 4 is 27.0 Å². The summed E-state index contributed by atoms with van der Waals surface area (Å²) in [6.45, 7) is 0. The number of fused-ring (bicyclic) bond motifs is 1. The molecule has 0 fully saturated rings. The van der Waals surface area contributed by atoms with Crippen LogP contribution in [0.25, 0.3) is 11.0 Å². The number of rotatable bonds is 0. The fourth-order valence-electron chi connectivity index (χ4n) is 1.04. The minimum Gasteiger partial charge on any atom is -0.618 e. The van der Waals surface area contributed by atoms with Crippen molar-refractivity contribution in [2.75, 3.05) is 0 Å². The van der Waals surface area contributed by atoms with Crippen LogP contribution in [0.2, 0.25) is 0 Å². The van der Waals surface area contributed by atoms with Gasteiger partial charge in [-0.25, -0.2) is 4.98 Å². The van der Waals surface area contributed by atoms with E-state index in [1.807, 2.05) is 0 Å². The Labute approximate surface area is 77.4 Å². The highest BCUT2D eigenvalue weighted by atomic mass is 79.9. The molecule has 0 radical (unpaired) electrons. The number of aromatic nitrogens is 2. The summed E-state index contributed by atoms with van der Waals surface area (Å²) in [6.07, 6.45) is 1.46. The van der Waals surface area contributed by atoms with Crippen molar-refractivity contribution in [2.45, 2.75) is 0 Å². The van der Waals surface area contributed by atoms with Crippen molar-refractivity contribution in [3.05, 3.63) is 40.3 Å². The zero-order valence-electron chi connectivity index (χ0n) is 6.07. The molecule has 0 aliphatic rings. The van der Waals surface area contributed by atoms with Crippen LogP contribution < -0.4 is 4.73 Å². The van der Waals surface area contributed by atoms with Crippen LogP contribution >= 0.6 is 15.9 Å². The second-order valence-electron chi connectivity index (χ2n) is 2.37. The summed E-state index contributed by atoms with van der Waals surface area (Å²) in [6, 6.07) is 6.96. The smallest absolute Gasteiger partial charge is 0.242 e. The average Bonchev–Trinajstić information content (AvgIpc) is 2.04. The van der Waals surface area contributed by atoms with E-state index in [0.29, 0.717) is 11.0 Å². The number of hydrogen-bond acceptors (Lipinski definition) is 2. The predicted octanol–water partition coefficient (Wildman–Crippen LogP) is 1.63. The van der Waals surface area contributed by atoms with Crippen LogP contribution in [0.15, 0.2) is 35.1 Å². The van der Waals surface area contributed by atoms with Crippen molar-refractivity contribution in [1.29, 1.82) is 0 Å². The molecular weight excluding hydrogens is 220 g/mol. The Morgan fingerprint density at radius 3 is 3.00 bits per heavy atom. The molecule has 0 saturated carbocycles. The van der Waals surface area contributed by atoms with E-state index in [0.717, 1.165) is 9.33 Å². The van der Waals surface area contributed by atoms with Crippen LogP contribution in [0.4, 0.5) is 0 Å². The first-order valence-corrected chi connectivity index (χ1v) is 4.21. The Morgan fingerprint density at radius 2 is 2.17 bits per heavy atom. The highest BCUT2D eigenvalue weighted by molar-refractivity contribution is 9.10. The molecule has 0 aliphatic heterocycles. The quantitative estimate of drug-likeness (QED) is 0.388. The molecule has 2 heterocycles. The molecule has 0 amide bonds. The summed E-state index contributed by atoms with van der Waals surface area (Å²) in [5.74, 6) is 0. The molecule has 2 rings (SSSR count). The second-order valence-corrected chi connectivity index (χ2v) is 3.18. The van der Waals surface area contributed by atoms with Crippen LogP contribution in [0.5, 0.6) is 0 Å². The fraction of sp³-hybridized carbons (Fsp3) is 0. The molecular formula is C8H5BrN2O. The molecule has 2 aromatic heterocycles. The van der Waals surface area contributed by atoms with Gasteiger partial charge >= 0.3 is 0 Å². The molecule has 0 aromatic carbocycles. The largest absolute Gasteiger partial charge is 0.618 e. The Kier molecular flexibility index (Phi) is 1.69. The summed E-state index contributed by atoms with van der Waals surface area (Å²) >= 11 is 3.23. The van der Waals surface area contributed by atoms with Crippen LogP contribution in [0, 0.1) is 5.21 Å². The predicted molar refractivity (Wildman–Crippen MR) is 48.4 cm³/mol. The van der Waals surface area contributed by atoms with E-state index in [1.54, 1.807) is 24.3 Å². The van der Waals surface area contributed by atoms with E-state index < -0.39 is 0 Å². The van der Waals surface area contributed by atoms with Crippen molar-refractivity contribution in [2.24, 2.45) is 0 Å². The normalized spacial score (nSPS) is 10.4. The highest BCUT2D eigenvalue weighted by Crippen LogP contribution is 2.11. The van der Waals surface area contributed by atoms with Gasteiger partial charge in [-0.05, 0) is 28.1 Å². The van der Waals surface area contributed by atoms with Crippen molar-refractivity contribution in [3.8, 4) is 0 Å². The first-order chi connectivity index (χ1) is 5.77. The first-order valence-electron chi connectivity index (χ1n) is 3.42. The Hall–Kier alpha value is -1.16. The molecule has 60 valence electrons. The summed E-state index contributed by atoms with van der Waals surface area (Å²) in [5, 5.41) is 11.2. The van der Waals surface area contributed by atoms with Gasteiger partial charge in [0.05, 0.1) is 0 Å². The highest BCUT2D eigenvalue weighted by Gasteiger charge is 2.02. The van der Waals surface area contributed by atoms with Gasteiger partial charge in [-0.15, -0.1) is 0 Å². The molecule has 0 spiro atoms. The third-order valence-corrected chi connectivity index (χ3v) is 2.02. The van der Waals surface area contributed by atoms with Gasteiger partial charge in [0.25, 0.3) is 0 Å². The number of pyridine rings is 2. The monoisotopic (exact) mass is 224 g/mol. The average molecular weight is 225 g/mol. The summed E-state index contributed by atoms with van der Waals surface area (Å²) in [4.78, 5) is 4.13. The lowest BCUT2D eigenvalue weighted by atomic mass is 10.3. The molecule has 0 atom stereocenters. The van der Waals surface area contributed by atoms with Gasteiger partial charge in [0.15, 0.2) is 6.20 Å². The topological polar surface area (TPSA) is 39.8 Å². The van der Waals surface area contributed by atoms with E-state index in [-0.39, 0.29) is 0 Å². The van der Waals surface area contributed by atoms with Crippen LogP contribution in [-0.4, -0.2) is 4.98 Å². The lowest BCUT2D eigenvalue weighted by Crippen LogP contribution is -2.25. The molecule has 0 bridgehead atoms. The number of nitrogens with zero attached hydrogens (tertiary/aromatic N) is 2. The minimum atomic E-state index is 0.584. The molecule has 0 aliphatic carbocycles. The molecule has 2 aromatic rings. The molecule has 0 saturated heterocycles. The van der Waals surface area contributed by atoms with E-state index in [2.05, 4.69) is 20.9 Å². The van der Waals surface area contributed by atoms with Gasteiger partial charge in [-0.1, -0.05) is 0 Å². The number of hydrogen-bond donors (Lipinski definition) is 0. The zero-order valence-corrected chi connectivity index (χ0v) is 7.65. The fourth-order valence-corrected chi connectivity index (χ4v) is 1.37. The third kappa shape index (κ3) is 1.14. The van der Waals surface area contributed by atoms with Gasteiger partial charge in [-0.3, -0.25) is 0 Å². The van der Waals surface area contributed by atoms with Gasteiger partial charge in [-0.2, -0.15) is 4.73 Å². The van der Waals surface area contributed by atoms with E-state index in [9.17, 15) is 5.21 Å². The second kappa shape index (κ2) is 2.71. The van der Waals surface area contributed by atoms with Gasteiger partial charge in [0, 0.05) is 12.1 Å². The maximum absolute atomic E-state index is 11.2. The van der Waals surface area contributed by atoms with Crippen molar-refractivity contribution in [3.63, 3.8) is 0 Å². The standard InChI is InChI=1S/C8H5BrN2O/c9-8-4-3-7-6(10-8)2-1-5-11(7)12/h1-5H. The maximum atomic E-state index is 11.2. The van der Waals surface area contributed by atoms with E-state index in [4.69, 9.17) is 0 Å². The minimum absolute atomic E-state index is 0.584. The summed E-state index contributed by atoms with van der Waals surface area (Å²) in [7, 11) is 0. The molecule has 0 N–H and O–H groups in total. The first kappa shape index (κ1) is 7.49. The van der Waals surface area contributed by atoms with Crippen LogP contribution in [0.3, 0.4) is 0 Å². The SMILES string of the molecule is [O-][n+]1cccc2nc(Br)ccc21. The Bertz CT molecular complexity index is 430. The van der Waals surface area contributed by atoms with Gasteiger partial charge < -0.3 is 5.21 Å². The molecule has 12 heavy (non-hydrogen) atoms. The Balaban J connectivity index is 2.86. The zero-order chi connectivity index (χ0) is 8.55. The van der Waals surface area contributed by atoms with E-state index in [1.165, 1.54) is 6.20 Å². The third-order valence-electron chi connectivity index (χ3n) is 1.58. The van der Waals surface area contributed by atoms with Crippen LogP contribution in [-0.2, 0) is 0 Å². The molecule has 0 unspecified atom stereocenters. The molecule has 3 nitrogen and oxygen atoms in total. The van der Waals surface area contributed by atoms with Gasteiger partial charge in [0.1, 0.15) is 10.1 Å². The maximum Gasteiger partial charge on any atom is 0.242 e. The van der Waals surface area contributed by atoms with E-state index >= 15 is 0 Å². The van der Waals surface area contributed by atoms with Gasteiger partial charge in [0.2, 0.25) is 5.52 Å². The summed E-state index contributed by atoms with van der Waals surface area (Å²) < 4.78 is 1.54. The number of halogens is 1. The Morgan fingerprint density at radius 1 is 1.33 bits per heavy atom. The lowest BCUT2D eigenvalue weighted by molar-refractivity contribution is -0.577. The van der Waals surface area contributed by atoms with Crippen molar-refractivity contribution < 1.29 is 4.73 Å². The summed E-state index contributed by atoms with van der Waals surface area (Å²) in [5.41, 5.74) is 1.28. The van der Waals surface area contributed by atoms with Crippen LogP contribution in [0.1, 0.15) is 0 Å².